The largest absolute Gasteiger partial charge is 0.496 e. The van der Waals surface area contributed by atoms with Gasteiger partial charge in [0.05, 0.1) is 25.7 Å². The fourth-order valence-corrected chi connectivity index (χ4v) is 3.36. The highest BCUT2D eigenvalue weighted by molar-refractivity contribution is 5.92. The average Bonchev–Trinajstić information content (AvgIpc) is 2.66. The molecule has 0 aliphatic carbocycles. The Balaban J connectivity index is 2.30. The number of methoxy groups -OCH3 is 2. The minimum Gasteiger partial charge on any atom is -0.496 e. The third-order valence-electron chi connectivity index (χ3n) is 4.53. The van der Waals surface area contributed by atoms with E-state index in [1.165, 1.54) is 14.2 Å². The van der Waals surface area contributed by atoms with Gasteiger partial charge in [-0.2, -0.15) is 0 Å². The number of nitrogens with one attached hydrogen (secondary N) is 1. The molecule has 0 bridgehead atoms. The van der Waals surface area contributed by atoms with Crippen LogP contribution in [0, 0.1) is 0 Å². The number of aryl methyl sites for hydroxylation is 1. The number of aromatic nitrogens is 1. The molecule has 3 N–H and O–H groups in total. The number of H-pyrrole nitrogens is 1. The van der Waals surface area contributed by atoms with E-state index >= 15 is 0 Å². The summed E-state index contributed by atoms with van der Waals surface area (Å²) in [5.74, 6) is -0.647. The third-order valence-corrected chi connectivity index (χ3v) is 4.53. The number of esters is 1. The summed E-state index contributed by atoms with van der Waals surface area (Å²) in [6.07, 6.45) is 1.56. The number of para-hydroxylation sites is 1. The predicted molar refractivity (Wildman–Crippen MR) is 99.8 cm³/mol. The molecule has 1 aromatic carbocycles. The summed E-state index contributed by atoms with van der Waals surface area (Å²) in [5.41, 5.74) is 7.48. The van der Waals surface area contributed by atoms with Crippen molar-refractivity contribution in [1.29, 1.82) is 0 Å². The molecule has 27 heavy (non-hydrogen) atoms. The number of benzene rings is 1. The molecule has 0 saturated heterocycles. The van der Waals surface area contributed by atoms with Crippen molar-refractivity contribution in [3.8, 4) is 11.5 Å². The molecule has 1 atom stereocenters. The van der Waals surface area contributed by atoms with Crippen molar-refractivity contribution < 1.29 is 19.0 Å². The summed E-state index contributed by atoms with van der Waals surface area (Å²) in [7, 11) is 2.78. The quantitative estimate of drug-likeness (QED) is 0.782. The van der Waals surface area contributed by atoms with E-state index in [0.29, 0.717) is 29.0 Å². The lowest BCUT2D eigenvalue weighted by Crippen LogP contribution is -2.32. The van der Waals surface area contributed by atoms with Crippen LogP contribution < -0.4 is 20.8 Å². The summed E-state index contributed by atoms with van der Waals surface area (Å²) in [5, 5.41) is 0. The van der Waals surface area contributed by atoms with Crippen LogP contribution >= 0.6 is 0 Å². The van der Waals surface area contributed by atoms with Gasteiger partial charge in [0, 0.05) is 17.3 Å². The van der Waals surface area contributed by atoms with Gasteiger partial charge in [0.15, 0.2) is 0 Å². The smallest absolute Gasteiger partial charge is 0.340 e. The molecule has 0 amide bonds. The van der Waals surface area contributed by atoms with Crippen LogP contribution in [0.15, 0.2) is 46.6 Å². The van der Waals surface area contributed by atoms with E-state index in [4.69, 9.17) is 19.9 Å². The van der Waals surface area contributed by atoms with Gasteiger partial charge >= 0.3 is 5.97 Å². The summed E-state index contributed by atoms with van der Waals surface area (Å²) in [4.78, 5) is 28.2. The van der Waals surface area contributed by atoms with Crippen molar-refractivity contribution in [3.05, 3.63) is 69.0 Å². The maximum absolute atomic E-state index is 12.9. The maximum Gasteiger partial charge on any atom is 0.340 e. The molecule has 3 rings (SSSR count). The van der Waals surface area contributed by atoms with Crippen LogP contribution in [-0.2, 0) is 16.0 Å². The molecule has 142 valence electrons. The molecule has 7 heteroatoms. The average molecular weight is 370 g/mol. The van der Waals surface area contributed by atoms with E-state index in [1.54, 1.807) is 24.3 Å². The predicted octanol–water partition coefficient (Wildman–Crippen LogP) is 2.20. The first-order valence-corrected chi connectivity index (χ1v) is 8.66. The minimum atomic E-state index is -0.767. The Hall–Kier alpha value is -3.22. The Bertz CT molecular complexity index is 961. The molecule has 2 heterocycles. The van der Waals surface area contributed by atoms with E-state index < -0.39 is 11.9 Å². The second kappa shape index (κ2) is 7.57. The van der Waals surface area contributed by atoms with E-state index in [9.17, 15) is 9.59 Å². The summed E-state index contributed by atoms with van der Waals surface area (Å²) < 4.78 is 16.0. The molecule has 2 aromatic rings. The Labute approximate surface area is 156 Å². The van der Waals surface area contributed by atoms with Crippen molar-refractivity contribution >= 4 is 5.97 Å². The number of pyridine rings is 1. The van der Waals surface area contributed by atoms with Crippen molar-refractivity contribution in [2.45, 2.75) is 25.7 Å². The number of rotatable bonds is 5. The minimum absolute atomic E-state index is 0.0724. The fourth-order valence-electron chi connectivity index (χ4n) is 3.36. The van der Waals surface area contributed by atoms with E-state index in [-0.39, 0.29) is 17.0 Å². The van der Waals surface area contributed by atoms with Gasteiger partial charge in [0.1, 0.15) is 17.1 Å². The molecular weight excluding hydrogens is 348 g/mol. The van der Waals surface area contributed by atoms with Gasteiger partial charge in [-0.05, 0) is 12.5 Å². The second-order valence-corrected chi connectivity index (χ2v) is 6.20. The zero-order valence-electron chi connectivity index (χ0n) is 15.5. The lowest BCUT2D eigenvalue weighted by atomic mass is 9.83. The molecular formula is C20H22N2O5. The van der Waals surface area contributed by atoms with Crippen LogP contribution in [0.4, 0.5) is 0 Å². The first-order valence-electron chi connectivity index (χ1n) is 8.66. The second-order valence-electron chi connectivity index (χ2n) is 6.20. The lowest BCUT2D eigenvalue weighted by molar-refractivity contribution is -0.136. The molecule has 0 spiro atoms. The van der Waals surface area contributed by atoms with Crippen LogP contribution in [-0.4, -0.2) is 25.2 Å². The molecule has 0 saturated carbocycles. The van der Waals surface area contributed by atoms with Gasteiger partial charge in [-0.15, -0.1) is 0 Å². The third kappa shape index (κ3) is 3.28. The Kier molecular flexibility index (Phi) is 5.21. The van der Waals surface area contributed by atoms with E-state index in [2.05, 4.69) is 4.98 Å². The zero-order chi connectivity index (χ0) is 19.6. The molecule has 0 fully saturated rings. The summed E-state index contributed by atoms with van der Waals surface area (Å²) in [6, 6.07) is 8.91. The normalized spacial score (nSPS) is 15.7. The zero-order valence-corrected chi connectivity index (χ0v) is 15.5. The highest BCUT2D eigenvalue weighted by atomic mass is 16.5. The Morgan fingerprint density at radius 2 is 2.04 bits per heavy atom. The highest BCUT2D eigenvalue weighted by Gasteiger charge is 2.38. The number of fused-ring (bicyclic) bond motifs is 1. The van der Waals surface area contributed by atoms with Gasteiger partial charge in [-0.1, -0.05) is 31.5 Å². The van der Waals surface area contributed by atoms with Crippen molar-refractivity contribution in [2.75, 3.05) is 14.2 Å². The highest BCUT2D eigenvalue weighted by Crippen LogP contribution is 2.43. The van der Waals surface area contributed by atoms with Crippen LogP contribution in [0.5, 0.6) is 11.5 Å². The molecule has 0 radical (unpaired) electrons. The number of ether oxygens (including phenoxy) is 3. The first-order chi connectivity index (χ1) is 13.0. The number of aromatic amines is 1. The number of hydrogen-bond acceptors (Lipinski definition) is 6. The fraction of sp³-hybridized carbons (Fsp3) is 0.300. The molecule has 7 nitrogen and oxygen atoms in total. The van der Waals surface area contributed by atoms with Crippen molar-refractivity contribution in [3.63, 3.8) is 0 Å². The van der Waals surface area contributed by atoms with Crippen LogP contribution in [0.25, 0.3) is 0 Å². The number of carbonyl (C=O) groups is 1. The van der Waals surface area contributed by atoms with Crippen LogP contribution in [0.1, 0.15) is 36.1 Å². The topological polar surface area (TPSA) is 104 Å². The number of nitrogens with two attached hydrogens (primary N) is 1. The van der Waals surface area contributed by atoms with Gasteiger partial charge in [-0.3, -0.25) is 4.79 Å². The van der Waals surface area contributed by atoms with Crippen LogP contribution in [0.3, 0.4) is 0 Å². The molecule has 1 aliphatic rings. The Morgan fingerprint density at radius 1 is 1.30 bits per heavy atom. The molecule has 1 unspecified atom stereocenters. The summed E-state index contributed by atoms with van der Waals surface area (Å²) in [6.45, 7) is 2.01. The van der Waals surface area contributed by atoms with Crippen LogP contribution in [0.2, 0.25) is 0 Å². The van der Waals surface area contributed by atoms with Gasteiger partial charge in [0.2, 0.25) is 5.88 Å². The molecule has 1 aliphatic heterocycles. The summed E-state index contributed by atoms with van der Waals surface area (Å²) >= 11 is 0. The van der Waals surface area contributed by atoms with Crippen molar-refractivity contribution in [2.24, 2.45) is 5.73 Å². The van der Waals surface area contributed by atoms with E-state index in [0.717, 1.165) is 12.1 Å². The van der Waals surface area contributed by atoms with E-state index in [1.807, 2.05) is 13.0 Å². The monoisotopic (exact) mass is 370 g/mol. The maximum atomic E-state index is 12.9. The first kappa shape index (κ1) is 18.6. The molecule has 1 aromatic heterocycles. The van der Waals surface area contributed by atoms with Gasteiger partial charge in [0.25, 0.3) is 5.56 Å². The standard InChI is InChI=1S/C20H22N2O5/c1-4-7-11-10-14-16(19(23)22-11)15(12-8-5-6-9-13(12)25-2)17(18(21)27-14)20(24)26-3/h5-6,8-10,15H,4,7,21H2,1-3H3,(H,22,23). The van der Waals surface area contributed by atoms with Gasteiger partial charge in [-0.25, -0.2) is 4.79 Å². The van der Waals surface area contributed by atoms with Gasteiger partial charge < -0.3 is 24.9 Å². The SMILES string of the molecule is CCCc1cc2c(c(=O)[nH]1)C(c1ccccc1OC)C(C(=O)OC)=C(N)O2. The number of carbonyl (C=O) groups excluding carboxylic acids is 1. The number of hydrogen-bond donors (Lipinski definition) is 2. The lowest BCUT2D eigenvalue weighted by Gasteiger charge is -2.28. The Morgan fingerprint density at radius 3 is 2.70 bits per heavy atom. The van der Waals surface area contributed by atoms with Crippen molar-refractivity contribution in [1.82, 2.24) is 4.98 Å².